The summed E-state index contributed by atoms with van der Waals surface area (Å²) in [5.74, 6) is 0.810. The number of benzene rings is 1. The summed E-state index contributed by atoms with van der Waals surface area (Å²) in [5.41, 5.74) is 0.928. The molecule has 0 saturated carbocycles. The fourth-order valence-electron chi connectivity index (χ4n) is 1.75. The van der Waals surface area contributed by atoms with E-state index in [1.807, 2.05) is 0 Å². The minimum atomic E-state index is -2.65. The van der Waals surface area contributed by atoms with Crippen molar-refractivity contribution in [3.05, 3.63) is 30.1 Å². The van der Waals surface area contributed by atoms with Crippen molar-refractivity contribution in [1.29, 1.82) is 0 Å². The molecule has 1 aromatic carbocycles. The fraction of sp³-hybridized carbons (Fsp3) is 0.417. The van der Waals surface area contributed by atoms with E-state index in [-0.39, 0.29) is 23.9 Å². The fourth-order valence-corrected chi connectivity index (χ4v) is 2.63. The highest BCUT2D eigenvalue weighted by molar-refractivity contribution is 7.98. The highest BCUT2D eigenvalue weighted by Crippen LogP contribution is 2.25. The molecule has 0 radical (unpaired) electrons. The summed E-state index contributed by atoms with van der Waals surface area (Å²) in [4.78, 5) is 4.17. The molecule has 1 atom stereocenters. The summed E-state index contributed by atoms with van der Waals surface area (Å²) < 4.78 is 27.0. The largest absolute Gasteiger partial charge is 0.394 e. The molecule has 0 aliphatic carbocycles. The standard InChI is InChI=1S/C12H14F2N2O2S/c13-12(14)16-10-4-2-1-3-9(10)15-11(16)7-19-6-8(18)5-17/h1-4,8,12,17-18H,5-7H2. The summed E-state index contributed by atoms with van der Waals surface area (Å²) in [5, 5.41) is 17.9. The van der Waals surface area contributed by atoms with Crippen LogP contribution in [0.25, 0.3) is 11.0 Å². The minimum absolute atomic E-state index is 0.260. The topological polar surface area (TPSA) is 58.3 Å². The molecule has 0 aliphatic heterocycles. The lowest BCUT2D eigenvalue weighted by Crippen LogP contribution is -2.15. The van der Waals surface area contributed by atoms with Crippen molar-refractivity contribution in [3.8, 4) is 0 Å². The van der Waals surface area contributed by atoms with Gasteiger partial charge in [0.25, 0.3) is 0 Å². The van der Waals surface area contributed by atoms with E-state index in [1.165, 1.54) is 11.8 Å². The van der Waals surface area contributed by atoms with E-state index in [2.05, 4.69) is 4.98 Å². The SMILES string of the molecule is OCC(O)CSCc1nc2ccccc2n1C(F)F. The Kier molecular flexibility index (Phi) is 4.73. The first-order chi connectivity index (χ1) is 9.13. The number of aromatic nitrogens is 2. The van der Waals surface area contributed by atoms with Crippen LogP contribution in [0.4, 0.5) is 8.78 Å². The zero-order chi connectivity index (χ0) is 13.8. The van der Waals surface area contributed by atoms with Gasteiger partial charge in [-0.15, -0.1) is 0 Å². The molecule has 2 rings (SSSR count). The third-order valence-corrected chi connectivity index (χ3v) is 3.70. The number of hydrogen-bond donors (Lipinski definition) is 2. The lowest BCUT2D eigenvalue weighted by Gasteiger charge is -2.09. The molecule has 0 fully saturated rings. The van der Waals surface area contributed by atoms with Gasteiger partial charge in [0.2, 0.25) is 0 Å². The maximum atomic E-state index is 13.1. The molecule has 0 saturated heterocycles. The number of para-hydroxylation sites is 2. The van der Waals surface area contributed by atoms with Crippen LogP contribution < -0.4 is 0 Å². The number of nitrogens with zero attached hydrogens (tertiary/aromatic N) is 2. The van der Waals surface area contributed by atoms with Crippen molar-refractivity contribution < 1.29 is 19.0 Å². The van der Waals surface area contributed by atoms with Crippen LogP contribution in [0.3, 0.4) is 0 Å². The van der Waals surface area contributed by atoms with Crippen molar-refractivity contribution in [1.82, 2.24) is 9.55 Å². The number of aliphatic hydroxyl groups excluding tert-OH is 2. The summed E-state index contributed by atoms with van der Waals surface area (Å²) in [6, 6.07) is 6.73. The van der Waals surface area contributed by atoms with Gasteiger partial charge in [0, 0.05) is 5.75 Å². The van der Waals surface area contributed by atoms with Gasteiger partial charge in [0.15, 0.2) is 0 Å². The van der Waals surface area contributed by atoms with E-state index in [9.17, 15) is 13.9 Å². The molecular formula is C12H14F2N2O2S. The van der Waals surface area contributed by atoms with Crippen molar-refractivity contribution >= 4 is 22.8 Å². The summed E-state index contributed by atoms with van der Waals surface area (Å²) in [7, 11) is 0. The lowest BCUT2D eigenvalue weighted by molar-refractivity contribution is 0.0722. The first kappa shape index (κ1) is 14.2. The second kappa shape index (κ2) is 6.31. The summed E-state index contributed by atoms with van der Waals surface area (Å²) in [6.07, 6.45) is -0.839. The average molecular weight is 288 g/mol. The van der Waals surface area contributed by atoms with E-state index in [4.69, 9.17) is 5.11 Å². The number of fused-ring (bicyclic) bond motifs is 1. The molecule has 0 amide bonds. The molecule has 0 spiro atoms. The van der Waals surface area contributed by atoms with Crippen molar-refractivity contribution in [3.63, 3.8) is 0 Å². The van der Waals surface area contributed by atoms with E-state index in [0.29, 0.717) is 11.0 Å². The van der Waals surface area contributed by atoms with Crippen LogP contribution >= 0.6 is 11.8 Å². The first-order valence-corrected chi connectivity index (χ1v) is 6.89. The van der Waals surface area contributed by atoms with Gasteiger partial charge in [-0.3, -0.25) is 4.57 Å². The number of aliphatic hydroxyl groups is 2. The molecule has 0 aliphatic rings. The van der Waals surface area contributed by atoms with Gasteiger partial charge in [0.05, 0.1) is 29.5 Å². The van der Waals surface area contributed by atoms with Gasteiger partial charge in [-0.2, -0.15) is 20.5 Å². The van der Waals surface area contributed by atoms with Gasteiger partial charge in [0.1, 0.15) is 5.82 Å². The van der Waals surface area contributed by atoms with Crippen LogP contribution in [0.5, 0.6) is 0 Å². The third kappa shape index (κ3) is 3.23. The first-order valence-electron chi connectivity index (χ1n) is 5.74. The molecule has 2 N–H and O–H groups in total. The van der Waals surface area contributed by atoms with Gasteiger partial charge < -0.3 is 10.2 Å². The van der Waals surface area contributed by atoms with Crippen LogP contribution in [-0.4, -0.2) is 38.2 Å². The highest BCUT2D eigenvalue weighted by atomic mass is 32.2. The zero-order valence-electron chi connectivity index (χ0n) is 10.0. The quantitative estimate of drug-likeness (QED) is 0.854. The van der Waals surface area contributed by atoms with Crippen molar-refractivity contribution in [2.75, 3.05) is 12.4 Å². The van der Waals surface area contributed by atoms with E-state index in [0.717, 1.165) is 4.57 Å². The molecule has 4 nitrogen and oxygen atoms in total. The van der Waals surface area contributed by atoms with E-state index >= 15 is 0 Å². The van der Waals surface area contributed by atoms with Crippen molar-refractivity contribution in [2.45, 2.75) is 18.4 Å². The van der Waals surface area contributed by atoms with Crippen LogP contribution in [0.15, 0.2) is 24.3 Å². The lowest BCUT2D eigenvalue weighted by atomic mass is 10.3. The average Bonchev–Trinajstić information content (AvgIpc) is 2.76. The predicted molar refractivity (Wildman–Crippen MR) is 70.2 cm³/mol. The highest BCUT2D eigenvalue weighted by Gasteiger charge is 2.17. The molecule has 104 valence electrons. The molecule has 1 heterocycles. The molecule has 19 heavy (non-hydrogen) atoms. The monoisotopic (exact) mass is 288 g/mol. The Morgan fingerprint density at radius 3 is 2.74 bits per heavy atom. The van der Waals surface area contributed by atoms with Gasteiger partial charge >= 0.3 is 6.55 Å². The Morgan fingerprint density at radius 1 is 1.32 bits per heavy atom. The van der Waals surface area contributed by atoms with Crippen LogP contribution in [0.2, 0.25) is 0 Å². The maximum Gasteiger partial charge on any atom is 0.320 e. The normalized spacial score (nSPS) is 13.3. The Balaban J connectivity index is 2.19. The number of hydrogen-bond acceptors (Lipinski definition) is 4. The van der Waals surface area contributed by atoms with Crippen molar-refractivity contribution in [2.24, 2.45) is 0 Å². The molecule has 7 heteroatoms. The summed E-state index contributed by atoms with van der Waals surface area (Å²) in [6.45, 7) is -2.98. The Labute approximate surface area is 113 Å². The van der Waals surface area contributed by atoms with Gasteiger partial charge in [-0.05, 0) is 12.1 Å². The number of imidazole rings is 1. The third-order valence-electron chi connectivity index (χ3n) is 2.62. The smallest absolute Gasteiger partial charge is 0.320 e. The molecule has 2 aromatic rings. The summed E-state index contributed by atoms with van der Waals surface area (Å²) >= 11 is 1.26. The Bertz CT molecular complexity index is 548. The number of thioether (sulfide) groups is 1. The zero-order valence-corrected chi connectivity index (χ0v) is 10.9. The van der Waals surface area contributed by atoms with Crippen LogP contribution in [0, 0.1) is 0 Å². The van der Waals surface area contributed by atoms with Gasteiger partial charge in [-0.1, -0.05) is 12.1 Å². The van der Waals surface area contributed by atoms with Crippen LogP contribution in [0.1, 0.15) is 12.4 Å². The maximum absolute atomic E-state index is 13.1. The predicted octanol–water partition coefficient (Wildman–Crippen LogP) is 2.02. The van der Waals surface area contributed by atoms with E-state index < -0.39 is 12.7 Å². The Morgan fingerprint density at radius 2 is 2.05 bits per heavy atom. The van der Waals surface area contributed by atoms with E-state index in [1.54, 1.807) is 24.3 Å². The van der Waals surface area contributed by atoms with Crippen LogP contribution in [-0.2, 0) is 5.75 Å². The van der Waals surface area contributed by atoms with Gasteiger partial charge in [-0.25, -0.2) is 4.98 Å². The number of halogens is 2. The minimum Gasteiger partial charge on any atom is -0.394 e. The number of alkyl halides is 2. The Hall–Kier alpha value is -1.18. The molecule has 1 unspecified atom stereocenters. The molecule has 1 aromatic heterocycles. The molecule has 0 bridgehead atoms. The second-order valence-corrected chi connectivity index (χ2v) is 5.05. The second-order valence-electron chi connectivity index (χ2n) is 4.02. The number of rotatable bonds is 6. The molecular weight excluding hydrogens is 274 g/mol.